The fourth-order valence-electron chi connectivity index (χ4n) is 11.7. The number of nitrogens with one attached hydrogen (secondary N) is 5. The largest absolute Gasteiger partial charge is 3.00 e. The Morgan fingerprint density at radius 2 is 0.664 bits per heavy atom. The fourth-order valence-corrected chi connectivity index (χ4v) is 14.6. The maximum absolute atomic E-state index is 15.2. The van der Waals surface area contributed by atoms with E-state index in [1.54, 1.807) is 0 Å². The number of nitrogens with zero attached hydrogens (tertiary/aromatic N) is 6. The molecule has 50 heteroatoms. The molecule has 1 saturated heterocycles. The molecule has 1 aliphatic heterocycles. The predicted octanol–water partition coefficient (Wildman–Crippen LogP) is -11.0. The van der Waals surface area contributed by atoms with E-state index in [9.17, 15) is 166 Å². The van der Waals surface area contributed by atoms with E-state index in [4.69, 9.17) is 0 Å². The molecule has 0 bridgehead atoms. The summed E-state index contributed by atoms with van der Waals surface area (Å²) in [7, 11) is 0. The van der Waals surface area contributed by atoms with Crippen molar-refractivity contribution in [1.29, 1.82) is 0 Å². The summed E-state index contributed by atoms with van der Waals surface area (Å²) in [5, 5.41) is 260. The zero-order valence-corrected chi connectivity index (χ0v) is 70.1. The van der Waals surface area contributed by atoms with Gasteiger partial charge in [0.15, 0.2) is 0 Å². The molecule has 0 saturated carbocycles. The van der Waals surface area contributed by atoms with Crippen LogP contribution in [0.4, 0.5) is 17.1 Å². The van der Waals surface area contributed by atoms with Crippen LogP contribution in [0.15, 0.2) is 61.9 Å². The molecule has 1 unspecified atom stereocenters. The number of hydrogen-bond acceptors (Lipinski definition) is 35. The summed E-state index contributed by atoms with van der Waals surface area (Å²) < 4.78 is -2.02. The molecule has 1 aliphatic rings. The summed E-state index contributed by atoms with van der Waals surface area (Å²) in [4.78, 5) is 152. The zero-order chi connectivity index (χ0) is 88.9. The smallest absolute Gasteiger partial charge is 0.480 e. The van der Waals surface area contributed by atoms with E-state index < -0.39 is 291 Å². The van der Waals surface area contributed by atoms with Gasteiger partial charge in [-0.2, -0.15) is 0 Å². The van der Waals surface area contributed by atoms with E-state index >= 15 is 9.59 Å². The maximum Gasteiger partial charge on any atom is 3.00 e. The number of amides is 7. The van der Waals surface area contributed by atoms with Crippen LogP contribution in [0.25, 0.3) is 0 Å². The monoisotopic (exact) mass is 2040 g/mol. The Balaban J connectivity index is 0.0000366. The van der Waals surface area contributed by atoms with Crippen molar-refractivity contribution < 1.29 is 215 Å². The van der Waals surface area contributed by atoms with Gasteiger partial charge in [0.2, 0.25) is 17.7 Å². The van der Waals surface area contributed by atoms with Gasteiger partial charge in [-0.15, -0.1) is 0 Å². The van der Waals surface area contributed by atoms with Crippen molar-refractivity contribution in [2.75, 3.05) is 154 Å². The summed E-state index contributed by atoms with van der Waals surface area (Å²) >= 11 is 9.42. The minimum absolute atomic E-state index is 0. The van der Waals surface area contributed by atoms with E-state index in [-0.39, 0.29) is 121 Å². The first-order valence-corrected chi connectivity index (χ1v) is 38.4. The van der Waals surface area contributed by atoms with Gasteiger partial charge in [0.1, 0.15) is 104 Å². The van der Waals surface area contributed by atoms with Gasteiger partial charge in [-0.3, -0.25) is 72.3 Å². The summed E-state index contributed by atoms with van der Waals surface area (Å²) in [6, 6.07) is 8.92. The molecule has 0 aliphatic carbocycles. The number of aliphatic carboxylic acids is 4. The summed E-state index contributed by atoms with van der Waals surface area (Å²) in [5.41, 5.74) is -2.39. The summed E-state index contributed by atoms with van der Waals surface area (Å²) in [6.45, 7) is -12.7. The van der Waals surface area contributed by atoms with Gasteiger partial charge in [0.05, 0.1) is 84.9 Å². The number of carboxylic acid groups (broad SMARTS) is 4. The van der Waals surface area contributed by atoms with Gasteiger partial charge in [0, 0.05) is 112 Å². The van der Waals surface area contributed by atoms with Crippen molar-refractivity contribution in [2.45, 2.75) is 117 Å². The van der Waals surface area contributed by atoms with E-state index in [1.807, 2.05) is 0 Å². The Bertz CT molecular complexity index is 3650. The summed E-state index contributed by atoms with van der Waals surface area (Å²) in [6.07, 6.45) is -38.5. The molecule has 1 fully saturated rings. The van der Waals surface area contributed by atoms with Crippen LogP contribution in [0.1, 0.15) is 54.3 Å². The van der Waals surface area contributed by atoms with Crippen molar-refractivity contribution in [3.05, 3.63) is 84.2 Å². The molecule has 17 atom stereocenters. The molecular weight excluding hydrogens is 1940 g/mol. The number of carbonyl (C=O) groups excluding carboxylic acids is 7. The van der Waals surface area contributed by atoms with Crippen molar-refractivity contribution in [3.8, 4) is 0 Å². The zero-order valence-electron chi connectivity index (χ0n) is 63.1. The van der Waals surface area contributed by atoms with E-state index in [2.05, 4.69) is 74.4 Å². The van der Waals surface area contributed by atoms with Gasteiger partial charge in [-0.05, 0) is 103 Å². The van der Waals surface area contributed by atoms with Gasteiger partial charge < -0.3 is 159 Å². The molecule has 667 valence electrons. The van der Waals surface area contributed by atoms with Crippen LogP contribution < -0.4 is 26.6 Å². The third-order valence-electron chi connectivity index (χ3n) is 18.5. The quantitative estimate of drug-likeness (QED) is 0.0250. The number of hydrogen-bond donors (Lipinski definition) is 29. The first-order chi connectivity index (χ1) is 55.4. The molecule has 1 heterocycles. The minimum Gasteiger partial charge on any atom is -0.480 e. The van der Waals surface area contributed by atoms with Crippen LogP contribution in [-0.2, 0) is 33.6 Å². The number of benzene rings is 3. The number of carbonyl (C=O) groups is 11. The Hall–Kier alpha value is -6.37. The number of carboxylic acids is 4. The van der Waals surface area contributed by atoms with Crippen molar-refractivity contribution in [2.24, 2.45) is 0 Å². The van der Waals surface area contributed by atoms with Gasteiger partial charge in [-0.1, -0.05) is 0 Å². The fraction of sp³-hybridized carbons (Fsp3) is 0.580. The van der Waals surface area contributed by atoms with Gasteiger partial charge >= 0.3 is 63.8 Å². The van der Waals surface area contributed by atoms with Crippen LogP contribution >= 0.6 is 47.8 Å². The predicted molar refractivity (Wildman–Crippen MR) is 414 cm³/mol. The second kappa shape index (κ2) is 52.3. The average Bonchev–Trinajstić information content (AvgIpc) is 0.753. The van der Waals surface area contributed by atoms with Crippen LogP contribution in [0.3, 0.4) is 0 Å². The standard InChI is InChI=1S/C69H100Br3N11O35.Gd/c70-53-51(67(115)82(21-37(88)57(105)61(109)41(92)28-84)22-38(89)58(106)62(110)42(93)29-85)54(71)56(55(72)52(53)68(116)83(23-39(90)59(107)63(111)43(94)30-86)24-40(91)60(108)64(112)44(95)31-87)77-47(98)20-74-65(113)32-1-7-35(8-2-32)76-66(114)33-3-5-34(6-4-33)75-46(97)19-73-45(96)10-9-36(69(117)118)81-17-15-79(26-49(101)102)13-11-78(25-48(99)100)12-14-80(16-18-81)27-50(103)104;/h1-8,36-44,57-64,84-95,105-112H,9-31H2,(H,73,96)(H,74,113)(H,75,97)(H,76,114)(H,77,98)(H,99,100)(H,101,102)(H,103,104)(H,117,118);/q;+3/t36?,37-,38-,39-,40-,41+,42+,43+,44+,57+,58+,59+,60+,61+,62+,63+,64+;/m0./s1. The second-order valence-corrected chi connectivity index (χ2v) is 29.7. The van der Waals surface area contributed by atoms with E-state index in [1.165, 1.54) is 68.1 Å². The van der Waals surface area contributed by atoms with Crippen LogP contribution in [0.5, 0.6) is 0 Å². The Kier molecular flexibility index (Phi) is 46.9. The minimum atomic E-state index is -2.49. The van der Waals surface area contributed by atoms with Crippen LogP contribution in [0.2, 0.25) is 0 Å². The number of halogens is 3. The SMILES string of the molecule is O=C(O)CN1CCN(CC(=O)O)CCN(C(CCC(=O)NCC(=O)Nc2ccc(C(=O)Nc3ccc(C(=O)NCC(=O)Nc4c(Br)c(C(=O)N(C[C@H](O)[C@@H](O)[C@H](O)[C@H](O)CO)C[C@H](O)[C@@H](O)[C@H](O)[C@H](O)CO)c(Br)c(C(=O)N(C[C@H](O)[C@@H](O)[C@H](O)[C@H](O)CO)C[C@H](O)[C@@H](O)[C@H](O)[C@H](O)CO)c4Br)cc3)cc2)C(=O)O)CCN(CC(=O)O)CC1.[Gd+3]. The molecule has 46 nitrogen and oxygen atoms in total. The molecule has 1 radical (unpaired) electrons. The Morgan fingerprint density at radius 3 is 0.983 bits per heavy atom. The first kappa shape index (κ1) is 107. The number of aliphatic hydroxyl groups is 20. The van der Waals surface area contributed by atoms with E-state index in [0.717, 1.165) is 0 Å². The van der Waals surface area contributed by atoms with Crippen molar-refractivity contribution in [1.82, 2.24) is 40.0 Å². The van der Waals surface area contributed by atoms with Crippen molar-refractivity contribution in [3.63, 3.8) is 0 Å². The normalized spacial score (nSPS) is 17.8. The molecule has 29 N–H and O–H groups in total. The molecule has 3 aromatic carbocycles. The Labute approximate surface area is 734 Å². The molecule has 119 heavy (non-hydrogen) atoms. The van der Waals surface area contributed by atoms with Crippen molar-refractivity contribution >= 4 is 130 Å². The average molecular weight is 2040 g/mol. The number of anilines is 3. The van der Waals surface area contributed by atoms with E-state index in [0.29, 0.717) is 9.80 Å². The molecule has 3 aromatic rings. The number of aliphatic hydroxyl groups excluding tert-OH is 20. The summed E-state index contributed by atoms with van der Waals surface area (Å²) in [5.74, 6) is -12.4. The Morgan fingerprint density at radius 1 is 0.370 bits per heavy atom. The molecule has 0 aromatic heterocycles. The maximum atomic E-state index is 15.2. The second-order valence-electron chi connectivity index (χ2n) is 27.3. The van der Waals surface area contributed by atoms with Crippen LogP contribution in [-0.4, -0.2) is 459 Å². The molecular formula is C69H100Br3GdN11O35+3. The number of rotatable bonds is 46. The molecule has 4 rings (SSSR count). The first-order valence-electron chi connectivity index (χ1n) is 36.0. The molecule has 0 spiro atoms. The third-order valence-corrected chi connectivity index (χ3v) is 20.9. The van der Waals surface area contributed by atoms with Crippen LogP contribution in [0, 0.1) is 39.9 Å². The molecule has 7 amide bonds. The third kappa shape index (κ3) is 33.3. The van der Waals surface area contributed by atoms with Gasteiger partial charge in [0.25, 0.3) is 23.6 Å². The topological polar surface area (TPSA) is 753 Å². The van der Waals surface area contributed by atoms with Gasteiger partial charge in [-0.25, -0.2) is 0 Å².